The van der Waals surface area contributed by atoms with Crippen molar-refractivity contribution in [3.05, 3.63) is 103 Å². The van der Waals surface area contributed by atoms with Crippen LogP contribution in [0.1, 0.15) is 53.5 Å². The lowest BCUT2D eigenvalue weighted by Crippen LogP contribution is -2.71. The summed E-state index contributed by atoms with van der Waals surface area (Å²) < 4.78 is 13.3. The Morgan fingerprint density at radius 3 is 1.82 bits per heavy atom. The fourth-order valence-electron chi connectivity index (χ4n) is 5.55. The van der Waals surface area contributed by atoms with Gasteiger partial charge >= 0.3 is 6.09 Å². The summed E-state index contributed by atoms with van der Waals surface area (Å²) in [6.07, 6.45) is 2.57. The first-order chi connectivity index (χ1) is 18.9. The summed E-state index contributed by atoms with van der Waals surface area (Å²) >= 11 is 0. The van der Waals surface area contributed by atoms with E-state index in [0.29, 0.717) is 13.0 Å². The van der Waals surface area contributed by atoms with Gasteiger partial charge in [-0.05, 0) is 48.2 Å². The smallest absolute Gasteiger partial charge is 0.410 e. The lowest BCUT2D eigenvalue weighted by atomic mass is 9.95. The molecule has 1 heterocycles. The van der Waals surface area contributed by atoms with E-state index in [9.17, 15) is 9.90 Å². The number of likely N-dealkylation sites (tertiary alicyclic amines) is 1. The number of hydrogen-bond acceptors (Lipinski definition) is 4. The normalized spacial score (nSPS) is 20.5. The largest absolute Gasteiger partial charge is 0.444 e. The van der Waals surface area contributed by atoms with Crippen LogP contribution in [0.25, 0.3) is 6.08 Å². The highest BCUT2D eigenvalue weighted by Gasteiger charge is 2.54. The number of amides is 1. The van der Waals surface area contributed by atoms with E-state index >= 15 is 0 Å². The number of carbonyl (C=O) groups is 1. The van der Waals surface area contributed by atoms with Crippen molar-refractivity contribution < 1.29 is 19.1 Å². The van der Waals surface area contributed by atoms with Crippen LogP contribution in [0.2, 0.25) is 5.04 Å². The summed E-state index contributed by atoms with van der Waals surface area (Å²) in [6.45, 7) is 12.6. The maximum Gasteiger partial charge on any atom is 0.410 e. The second-order valence-corrected chi connectivity index (χ2v) is 16.8. The molecule has 1 unspecified atom stereocenters. The van der Waals surface area contributed by atoms with Crippen molar-refractivity contribution in [1.82, 2.24) is 4.90 Å². The average Bonchev–Trinajstić information content (AvgIpc) is 2.91. The van der Waals surface area contributed by atoms with E-state index in [1.54, 1.807) is 4.90 Å². The van der Waals surface area contributed by atoms with Crippen LogP contribution in [0.5, 0.6) is 0 Å². The fraction of sp³-hybridized carbons (Fsp3) is 0.382. The third-order valence-corrected chi connectivity index (χ3v) is 12.4. The number of nitrogens with zero attached hydrogens (tertiary/aromatic N) is 1. The highest BCUT2D eigenvalue weighted by Crippen LogP contribution is 2.40. The number of aliphatic hydroxyl groups excluding tert-OH is 1. The standard InChI is InChI=1S/C34H43NO4Si/c1-33(2,3)38-32(37)35-25-24-30(36)31(29(35)23-22-26-16-10-7-11-17-26)39-40(34(4,5)6,27-18-12-8-13-19-27)28-20-14-9-15-21-28/h7-23,29-31,36H,24-25H2,1-6H3/b23-22+/t29-,30?,31+/m1/s1. The highest BCUT2D eigenvalue weighted by molar-refractivity contribution is 6.99. The number of rotatable bonds is 6. The SMILES string of the molecule is CC(C)(C)OC(=O)N1CCC(O)[C@@H](O[Si](c2ccccc2)(c2ccccc2)C(C)(C)C)[C@H]1/C=C/c1ccccc1. The van der Waals surface area contributed by atoms with Gasteiger partial charge in [-0.25, -0.2) is 4.79 Å². The van der Waals surface area contributed by atoms with Gasteiger partial charge in [0, 0.05) is 6.54 Å². The molecule has 1 aliphatic rings. The third kappa shape index (κ3) is 6.57. The van der Waals surface area contributed by atoms with Crippen LogP contribution < -0.4 is 10.4 Å². The molecule has 0 saturated carbocycles. The maximum atomic E-state index is 13.5. The van der Waals surface area contributed by atoms with E-state index in [-0.39, 0.29) is 5.04 Å². The van der Waals surface area contributed by atoms with Crippen LogP contribution in [0.3, 0.4) is 0 Å². The van der Waals surface area contributed by atoms with Gasteiger partial charge in [-0.2, -0.15) is 0 Å². The molecular formula is C34H43NO4Si. The van der Waals surface area contributed by atoms with Crippen LogP contribution in [0, 0.1) is 0 Å². The molecular weight excluding hydrogens is 514 g/mol. The Balaban J connectivity index is 1.86. The lowest BCUT2D eigenvalue weighted by molar-refractivity contribution is -0.0592. The summed E-state index contributed by atoms with van der Waals surface area (Å²) in [5.41, 5.74) is 0.366. The minimum Gasteiger partial charge on any atom is -0.444 e. The van der Waals surface area contributed by atoms with E-state index in [1.165, 1.54) is 0 Å². The first-order valence-electron chi connectivity index (χ1n) is 14.1. The van der Waals surface area contributed by atoms with E-state index in [1.807, 2.05) is 99.7 Å². The topological polar surface area (TPSA) is 59.0 Å². The van der Waals surface area contributed by atoms with Crippen molar-refractivity contribution in [2.45, 2.75) is 76.9 Å². The van der Waals surface area contributed by atoms with Gasteiger partial charge in [-0.3, -0.25) is 4.90 Å². The minimum absolute atomic E-state index is 0.280. The molecule has 212 valence electrons. The van der Waals surface area contributed by atoms with Crippen molar-refractivity contribution in [3.63, 3.8) is 0 Å². The van der Waals surface area contributed by atoms with Gasteiger partial charge in [-0.1, -0.05) is 124 Å². The monoisotopic (exact) mass is 557 g/mol. The van der Waals surface area contributed by atoms with Crippen molar-refractivity contribution in [3.8, 4) is 0 Å². The van der Waals surface area contributed by atoms with E-state index < -0.39 is 38.3 Å². The molecule has 6 heteroatoms. The van der Waals surface area contributed by atoms with Gasteiger partial charge in [-0.15, -0.1) is 0 Å². The molecule has 1 saturated heterocycles. The molecule has 0 bridgehead atoms. The van der Waals surface area contributed by atoms with Gasteiger partial charge in [0.1, 0.15) is 5.60 Å². The van der Waals surface area contributed by atoms with Crippen LogP contribution in [0.4, 0.5) is 4.79 Å². The predicted molar refractivity (Wildman–Crippen MR) is 165 cm³/mol. The van der Waals surface area contributed by atoms with Crippen molar-refractivity contribution in [2.75, 3.05) is 6.54 Å². The summed E-state index contributed by atoms with van der Waals surface area (Å²) in [4.78, 5) is 15.3. The molecule has 0 radical (unpaired) electrons. The minimum atomic E-state index is -3.01. The Morgan fingerprint density at radius 1 is 0.850 bits per heavy atom. The molecule has 5 nitrogen and oxygen atoms in total. The molecule has 3 aromatic rings. The molecule has 3 atom stereocenters. The number of aliphatic hydroxyl groups is 1. The Morgan fingerprint density at radius 2 is 1.35 bits per heavy atom. The molecule has 3 aromatic carbocycles. The van der Waals surface area contributed by atoms with Gasteiger partial charge in [0.05, 0.1) is 18.2 Å². The molecule has 1 amide bonds. The van der Waals surface area contributed by atoms with Crippen LogP contribution >= 0.6 is 0 Å². The molecule has 40 heavy (non-hydrogen) atoms. The Bertz CT molecular complexity index is 1230. The molecule has 1 N–H and O–H groups in total. The van der Waals surface area contributed by atoms with E-state index in [2.05, 4.69) is 45.0 Å². The van der Waals surface area contributed by atoms with E-state index in [4.69, 9.17) is 9.16 Å². The second-order valence-electron chi connectivity index (χ2n) is 12.5. The molecule has 0 aliphatic carbocycles. The maximum absolute atomic E-state index is 13.5. The lowest BCUT2D eigenvalue weighted by Gasteiger charge is -2.50. The molecule has 0 aromatic heterocycles. The number of carbonyl (C=O) groups excluding carboxylic acids is 1. The Hall–Kier alpha value is -3.19. The fourth-order valence-corrected chi connectivity index (χ4v) is 10.3. The molecule has 1 aliphatic heterocycles. The van der Waals surface area contributed by atoms with Crippen molar-refractivity contribution in [2.24, 2.45) is 0 Å². The quantitative estimate of drug-likeness (QED) is 0.377. The van der Waals surface area contributed by atoms with Gasteiger partial charge in [0.2, 0.25) is 0 Å². The average molecular weight is 558 g/mol. The molecule has 1 fully saturated rings. The Kier molecular flexibility index (Phi) is 9.03. The number of ether oxygens (including phenoxy) is 1. The van der Waals surface area contributed by atoms with Crippen LogP contribution in [0.15, 0.2) is 97.1 Å². The summed E-state index contributed by atoms with van der Waals surface area (Å²) in [5.74, 6) is 0. The Labute approximate surface area is 240 Å². The highest BCUT2D eigenvalue weighted by atomic mass is 28.4. The van der Waals surface area contributed by atoms with Crippen molar-refractivity contribution >= 4 is 30.9 Å². The van der Waals surface area contributed by atoms with Crippen LogP contribution in [-0.2, 0) is 9.16 Å². The first-order valence-corrected chi connectivity index (χ1v) is 16.0. The van der Waals surface area contributed by atoms with Gasteiger partial charge in [0.15, 0.2) is 0 Å². The zero-order chi connectivity index (χ0) is 29.0. The second kappa shape index (κ2) is 12.1. The first kappa shape index (κ1) is 29.8. The van der Waals surface area contributed by atoms with Crippen LogP contribution in [-0.4, -0.2) is 54.8 Å². The number of piperidine rings is 1. The third-order valence-electron chi connectivity index (χ3n) is 7.38. The van der Waals surface area contributed by atoms with E-state index in [0.717, 1.165) is 15.9 Å². The predicted octanol–water partition coefficient (Wildman–Crippen LogP) is 6.02. The molecule has 0 spiro atoms. The number of hydrogen-bond donors (Lipinski definition) is 1. The molecule has 4 rings (SSSR count). The van der Waals surface area contributed by atoms with Crippen molar-refractivity contribution in [1.29, 1.82) is 0 Å². The zero-order valence-electron chi connectivity index (χ0n) is 24.6. The summed E-state index contributed by atoms with van der Waals surface area (Å²) in [7, 11) is -3.01. The summed E-state index contributed by atoms with van der Waals surface area (Å²) in [6, 6.07) is 30.2. The zero-order valence-corrected chi connectivity index (χ0v) is 25.6. The number of benzene rings is 3. The summed E-state index contributed by atoms with van der Waals surface area (Å²) in [5, 5.41) is 13.5. The van der Waals surface area contributed by atoms with Gasteiger partial charge < -0.3 is 14.3 Å². The van der Waals surface area contributed by atoms with Gasteiger partial charge in [0.25, 0.3) is 8.32 Å².